The Morgan fingerprint density at radius 3 is 2.14 bits per heavy atom. The van der Waals surface area contributed by atoms with Crippen molar-refractivity contribution in [3.8, 4) is 0 Å². The van der Waals surface area contributed by atoms with Gasteiger partial charge in [-0.05, 0) is 61.0 Å². The van der Waals surface area contributed by atoms with Crippen molar-refractivity contribution in [3.63, 3.8) is 0 Å². The Hall–Kier alpha value is -4.03. The molecular formula is C29H25ClN2O4. The Labute approximate surface area is 213 Å². The Bertz CT molecular complexity index is 1440. The number of carbonyl (C=O) groups excluding carboxylic acids is 2. The number of pyridine rings is 1. The van der Waals surface area contributed by atoms with Gasteiger partial charge < -0.3 is 10.4 Å². The molecule has 6 nitrogen and oxygen atoms in total. The number of benzene rings is 3. The molecule has 1 heterocycles. The summed E-state index contributed by atoms with van der Waals surface area (Å²) in [4.78, 5) is 42.0. The molecule has 3 aromatic carbocycles. The first kappa shape index (κ1) is 25.1. The predicted molar refractivity (Wildman–Crippen MR) is 140 cm³/mol. The van der Waals surface area contributed by atoms with E-state index >= 15 is 0 Å². The summed E-state index contributed by atoms with van der Waals surface area (Å²) in [7, 11) is 0. The van der Waals surface area contributed by atoms with E-state index in [1.54, 1.807) is 62.4 Å². The second kappa shape index (κ2) is 10.3. The van der Waals surface area contributed by atoms with E-state index < -0.39 is 11.4 Å². The van der Waals surface area contributed by atoms with Gasteiger partial charge in [0.15, 0.2) is 0 Å². The van der Waals surface area contributed by atoms with Crippen LogP contribution in [-0.2, 0) is 16.6 Å². The van der Waals surface area contributed by atoms with Crippen LogP contribution >= 0.6 is 11.6 Å². The molecule has 0 bridgehead atoms. The van der Waals surface area contributed by atoms with Gasteiger partial charge in [0.1, 0.15) is 5.69 Å². The summed E-state index contributed by atoms with van der Waals surface area (Å²) in [6.07, 6.45) is 2.14. The van der Waals surface area contributed by atoms with Gasteiger partial charge in [-0.25, -0.2) is 0 Å². The zero-order valence-electron chi connectivity index (χ0n) is 19.9. The molecule has 0 aliphatic heterocycles. The number of nitrogens with one attached hydrogen (secondary N) is 1. The molecule has 1 aromatic heterocycles. The van der Waals surface area contributed by atoms with E-state index in [1.807, 2.05) is 24.3 Å². The molecule has 7 heteroatoms. The minimum Gasteiger partial charge on any atom is -0.481 e. The van der Waals surface area contributed by atoms with Crippen molar-refractivity contribution in [2.75, 3.05) is 6.54 Å². The van der Waals surface area contributed by atoms with Crippen LogP contribution in [0.2, 0.25) is 5.02 Å². The smallest absolute Gasteiger partial charge is 0.313 e. The highest BCUT2D eigenvalue weighted by Crippen LogP contribution is 2.32. The van der Waals surface area contributed by atoms with Crippen LogP contribution in [0.25, 0.3) is 10.8 Å². The SMILES string of the molecule is CC(C)(C(=O)O)c1cnc(C(=O)c2ccc(C(=O)NCCc3ccc(Cl)cc3)cc2)c2ccccc12. The highest BCUT2D eigenvalue weighted by atomic mass is 35.5. The summed E-state index contributed by atoms with van der Waals surface area (Å²) in [5.74, 6) is -1.51. The highest BCUT2D eigenvalue weighted by molar-refractivity contribution is 6.30. The molecule has 0 aliphatic rings. The molecule has 4 aromatic rings. The quantitative estimate of drug-likeness (QED) is 0.313. The van der Waals surface area contributed by atoms with Gasteiger partial charge in [-0.2, -0.15) is 0 Å². The van der Waals surface area contributed by atoms with E-state index in [1.165, 1.54) is 6.20 Å². The van der Waals surface area contributed by atoms with Gasteiger partial charge in [-0.15, -0.1) is 0 Å². The molecule has 0 fully saturated rings. The first-order chi connectivity index (χ1) is 17.2. The van der Waals surface area contributed by atoms with Crippen molar-refractivity contribution in [1.29, 1.82) is 0 Å². The molecule has 4 rings (SSSR count). The van der Waals surface area contributed by atoms with Crippen LogP contribution in [0.5, 0.6) is 0 Å². The van der Waals surface area contributed by atoms with Gasteiger partial charge >= 0.3 is 5.97 Å². The first-order valence-corrected chi connectivity index (χ1v) is 11.9. The number of fused-ring (bicyclic) bond motifs is 1. The molecule has 2 N–H and O–H groups in total. The topological polar surface area (TPSA) is 96.4 Å². The van der Waals surface area contributed by atoms with Crippen molar-refractivity contribution in [2.45, 2.75) is 25.7 Å². The third-order valence-electron chi connectivity index (χ3n) is 6.24. The number of amides is 1. The second-order valence-electron chi connectivity index (χ2n) is 9.04. The van der Waals surface area contributed by atoms with Gasteiger partial charge in [0.25, 0.3) is 5.91 Å². The van der Waals surface area contributed by atoms with Crippen molar-refractivity contribution < 1.29 is 19.5 Å². The molecule has 0 radical (unpaired) electrons. The lowest BCUT2D eigenvalue weighted by Crippen LogP contribution is -2.29. The van der Waals surface area contributed by atoms with E-state index in [-0.39, 0.29) is 17.4 Å². The highest BCUT2D eigenvalue weighted by Gasteiger charge is 2.32. The molecule has 0 aliphatic carbocycles. The lowest BCUT2D eigenvalue weighted by Gasteiger charge is -2.22. The molecule has 0 atom stereocenters. The third-order valence-corrected chi connectivity index (χ3v) is 6.49. The zero-order valence-corrected chi connectivity index (χ0v) is 20.7. The summed E-state index contributed by atoms with van der Waals surface area (Å²) in [6.45, 7) is 3.69. The van der Waals surface area contributed by atoms with Crippen molar-refractivity contribution >= 4 is 40.0 Å². The van der Waals surface area contributed by atoms with Crippen LogP contribution in [-0.4, -0.2) is 34.3 Å². The number of carbonyl (C=O) groups is 3. The number of aliphatic carboxylic acids is 1. The van der Waals surface area contributed by atoms with Crippen LogP contribution in [0.4, 0.5) is 0 Å². The maximum absolute atomic E-state index is 13.3. The number of halogens is 1. The van der Waals surface area contributed by atoms with E-state index in [2.05, 4.69) is 10.3 Å². The fraction of sp³-hybridized carbons (Fsp3) is 0.172. The lowest BCUT2D eigenvalue weighted by atomic mass is 9.82. The summed E-state index contributed by atoms with van der Waals surface area (Å²) >= 11 is 5.90. The molecule has 0 unspecified atom stereocenters. The largest absolute Gasteiger partial charge is 0.481 e. The van der Waals surface area contributed by atoms with Crippen LogP contribution in [0.1, 0.15) is 51.4 Å². The van der Waals surface area contributed by atoms with Gasteiger partial charge in [0, 0.05) is 34.3 Å². The maximum Gasteiger partial charge on any atom is 0.313 e. The number of nitrogens with zero attached hydrogens (tertiary/aromatic N) is 1. The number of rotatable bonds is 8. The van der Waals surface area contributed by atoms with Crippen molar-refractivity contribution in [2.24, 2.45) is 0 Å². The minimum atomic E-state index is -1.17. The average molecular weight is 501 g/mol. The number of hydrogen-bond donors (Lipinski definition) is 2. The Balaban J connectivity index is 1.51. The van der Waals surface area contributed by atoms with E-state index in [4.69, 9.17) is 11.6 Å². The number of carboxylic acids is 1. The Kier molecular flexibility index (Phi) is 7.17. The first-order valence-electron chi connectivity index (χ1n) is 11.5. The van der Waals surface area contributed by atoms with Gasteiger partial charge in [0.05, 0.1) is 5.41 Å². The summed E-state index contributed by atoms with van der Waals surface area (Å²) in [5.41, 5.74) is 1.49. The predicted octanol–water partition coefficient (Wildman–Crippen LogP) is 5.45. The summed E-state index contributed by atoms with van der Waals surface area (Å²) in [5, 5.41) is 14.5. The van der Waals surface area contributed by atoms with E-state index in [9.17, 15) is 19.5 Å². The lowest BCUT2D eigenvalue weighted by molar-refractivity contribution is -0.142. The molecule has 0 spiro atoms. The number of carboxylic acid groups (broad SMARTS) is 1. The second-order valence-corrected chi connectivity index (χ2v) is 9.47. The van der Waals surface area contributed by atoms with Crippen LogP contribution < -0.4 is 5.32 Å². The van der Waals surface area contributed by atoms with Gasteiger partial charge in [-0.3, -0.25) is 19.4 Å². The molecule has 1 amide bonds. The molecule has 182 valence electrons. The Morgan fingerprint density at radius 1 is 0.889 bits per heavy atom. The summed E-state index contributed by atoms with van der Waals surface area (Å²) in [6, 6.07) is 21.0. The minimum absolute atomic E-state index is 0.230. The molecule has 0 saturated carbocycles. The maximum atomic E-state index is 13.3. The number of hydrogen-bond acceptors (Lipinski definition) is 4. The average Bonchev–Trinajstić information content (AvgIpc) is 2.88. The van der Waals surface area contributed by atoms with Crippen LogP contribution in [0, 0.1) is 0 Å². The van der Waals surface area contributed by atoms with Crippen molar-refractivity contribution in [1.82, 2.24) is 10.3 Å². The summed E-state index contributed by atoms with van der Waals surface area (Å²) < 4.78 is 0. The number of aromatic nitrogens is 1. The van der Waals surface area contributed by atoms with Gasteiger partial charge in [0.2, 0.25) is 5.78 Å². The van der Waals surface area contributed by atoms with Crippen LogP contribution in [0.3, 0.4) is 0 Å². The standard InChI is InChI=1S/C29H25ClN2O4/c1-29(2,28(35)36)24-17-32-25(23-6-4-3-5-22(23)24)26(33)19-9-11-20(12-10-19)27(34)31-16-15-18-7-13-21(30)14-8-18/h3-14,17H,15-16H2,1-2H3,(H,31,34)(H,35,36). The van der Waals surface area contributed by atoms with Crippen LogP contribution in [0.15, 0.2) is 79.0 Å². The van der Waals surface area contributed by atoms with E-state index in [0.29, 0.717) is 45.5 Å². The fourth-order valence-electron chi connectivity index (χ4n) is 3.97. The fourth-order valence-corrected chi connectivity index (χ4v) is 4.10. The monoisotopic (exact) mass is 500 g/mol. The van der Waals surface area contributed by atoms with E-state index in [0.717, 1.165) is 5.56 Å². The Morgan fingerprint density at radius 2 is 1.50 bits per heavy atom. The zero-order chi connectivity index (χ0) is 25.9. The molecule has 36 heavy (non-hydrogen) atoms. The van der Waals surface area contributed by atoms with Crippen molar-refractivity contribution in [3.05, 3.63) is 112 Å². The number of ketones is 1. The molecule has 0 saturated heterocycles. The third kappa shape index (κ3) is 5.14. The van der Waals surface area contributed by atoms with Gasteiger partial charge in [-0.1, -0.05) is 60.1 Å². The normalized spacial score (nSPS) is 11.3. The molecular weight excluding hydrogens is 476 g/mol.